The second-order valence-corrected chi connectivity index (χ2v) is 10.9. The molecule has 2 amide bonds. The van der Waals surface area contributed by atoms with Crippen LogP contribution in [0.15, 0.2) is 105 Å². The molecule has 2 N–H and O–H groups in total. The maximum Gasteiger partial charge on any atom is 0.329 e. The zero-order valence-corrected chi connectivity index (χ0v) is 22.4. The molecule has 1 aromatic heterocycles. The molecule has 0 aliphatic heterocycles. The monoisotopic (exact) mass is 564 g/mol. The summed E-state index contributed by atoms with van der Waals surface area (Å²) < 4.78 is 34.0. The van der Waals surface area contributed by atoms with Crippen molar-refractivity contribution in [2.75, 3.05) is 5.32 Å². The Hall–Kier alpha value is -4.25. The summed E-state index contributed by atoms with van der Waals surface area (Å²) in [6.07, 6.45) is 1.21. The maximum absolute atomic E-state index is 13.5. The first-order chi connectivity index (χ1) is 18.7. The van der Waals surface area contributed by atoms with E-state index in [1.54, 1.807) is 54.6 Å². The second kappa shape index (κ2) is 12.5. The van der Waals surface area contributed by atoms with Crippen LogP contribution in [0.5, 0.6) is 0 Å². The number of benzene rings is 3. The van der Waals surface area contributed by atoms with Crippen molar-refractivity contribution < 1.29 is 22.4 Å². The third-order valence-electron chi connectivity index (χ3n) is 5.52. The molecule has 0 saturated heterocycles. The number of anilines is 1. The first-order valence-electron chi connectivity index (χ1n) is 11.8. The molecule has 3 aromatic carbocycles. The van der Waals surface area contributed by atoms with Crippen LogP contribution in [0, 0.1) is 6.92 Å². The van der Waals surface area contributed by atoms with Gasteiger partial charge < -0.3 is 9.73 Å². The van der Waals surface area contributed by atoms with Gasteiger partial charge in [0.05, 0.1) is 17.7 Å². The van der Waals surface area contributed by atoms with E-state index >= 15 is 0 Å². The number of hydrogen-bond donors (Lipinski definition) is 2. The van der Waals surface area contributed by atoms with Crippen molar-refractivity contribution in [2.45, 2.75) is 24.9 Å². The minimum Gasteiger partial charge on any atom is -0.459 e. The van der Waals surface area contributed by atoms with E-state index in [4.69, 9.17) is 16.0 Å². The third-order valence-corrected chi connectivity index (χ3v) is 7.56. The number of amides is 2. The molecule has 0 radical (unpaired) electrons. The van der Waals surface area contributed by atoms with Crippen molar-refractivity contribution in [3.8, 4) is 0 Å². The Labute approximate surface area is 231 Å². The summed E-state index contributed by atoms with van der Waals surface area (Å²) >= 11 is 5.87. The lowest BCUT2D eigenvalue weighted by Crippen LogP contribution is -2.32. The number of hydrogen-bond acceptors (Lipinski definition) is 6. The second-order valence-electron chi connectivity index (χ2n) is 8.54. The van der Waals surface area contributed by atoms with Crippen LogP contribution < -0.4 is 10.7 Å². The number of carbonyl (C=O) groups is 2. The van der Waals surface area contributed by atoms with E-state index < -0.39 is 21.8 Å². The Morgan fingerprint density at radius 3 is 2.38 bits per heavy atom. The van der Waals surface area contributed by atoms with Crippen molar-refractivity contribution in [1.82, 2.24) is 9.73 Å². The topological polar surface area (TPSA) is 121 Å². The average Bonchev–Trinajstić information content (AvgIpc) is 3.36. The molecule has 11 heteroatoms. The van der Waals surface area contributed by atoms with Crippen LogP contribution in [0.1, 0.15) is 22.6 Å². The molecule has 200 valence electrons. The van der Waals surface area contributed by atoms with Gasteiger partial charge >= 0.3 is 11.8 Å². The van der Waals surface area contributed by atoms with E-state index in [-0.39, 0.29) is 23.7 Å². The minimum atomic E-state index is -3.84. The van der Waals surface area contributed by atoms with E-state index in [1.165, 1.54) is 16.6 Å². The maximum atomic E-state index is 13.5. The highest BCUT2D eigenvalue weighted by Gasteiger charge is 2.26. The van der Waals surface area contributed by atoms with Gasteiger partial charge in [0.25, 0.3) is 0 Å². The number of nitrogens with one attached hydrogen (secondary N) is 2. The normalized spacial score (nSPS) is 11.6. The Bertz CT molecular complexity index is 1590. The molecule has 9 nitrogen and oxygen atoms in total. The van der Waals surface area contributed by atoms with Crippen LogP contribution >= 0.6 is 11.6 Å². The minimum absolute atomic E-state index is 0.0344. The summed E-state index contributed by atoms with van der Waals surface area (Å²) in [7, 11) is -3.84. The highest BCUT2D eigenvalue weighted by molar-refractivity contribution is 7.89. The highest BCUT2D eigenvalue weighted by atomic mass is 35.5. The Balaban J connectivity index is 1.43. The van der Waals surface area contributed by atoms with Crippen LogP contribution in [-0.2, 0) is 32.7 Å². The van der Waals surface area contributed by atoms with Gasteiger partial charge in [0.1, 0.15) is 11.5 Å². The van der Waals surface area contributed by atoms with Crippen LogP contribution in [0.3, 0.4) is 0 Å². The predicted octanol–water partition coefficient (Wildman–Crippen LogP) is 4.72. The van der Waals surface area contributed by atoms with E-state index in [0.29, 0.717) is 16.5 Å². The number of hydrazone groups is 1. The Morgan fingerprint density at radius 1 is 0.923 bits per heavy atom. The van der Waals surface area contributed by atoms with Crippen molar-refractivity contribution in [2.24, 2.45) is 5.10 Å². The molecule has 0 aliphatic rings. The van der Waals surface area contributed by atoms with E-state index in [2.05, 4.69) is 15.8 Å². The number of halogens is 1. The fourth-order valence-electron chi connectivity index (χ4n) is 3.55. The Morgan fingerprint density at radius 2 is 1.67 bits per heavy atom. The van der Waals surface area contributed by atoms with Gasteiger partial charge in [-0.2, -0.15) is 9.41 Å². The van der Waals surface area contributed by atoms with Gasteiger partial charge in [-0.1, -0.05) is 65.7 Å². The van der Waals surface area contributed by atoms with Gasteiger partial charge in [-0.25, -0.2) is 13.8 Å². The lowest BCUT2D eigenvalue weighted by atomic mass is 10.2. The van der Waals surface area contributed by atoms with Gasteiger partial charge in [0.2, 0.25) is 10.0 Å². The smallest absolute Gasteiger partial charge is 0.329 e. The van der Waals surface area contributed by atoms with E-state index in [0.717, 1.165) is 11.1 Å². The van der Waals surface area contributed by atoms with E-state index in [1.807, 2.05) is 37.3 Å². The lowest BCUT2D eigenvalue weighted by Gasteiger charge is -2.21. The number of carbonyl (C=O) groups excluding carboxylic acids is 2. The van der Waals surface area contributed by atoms with Crippen molar-refractivity contribution in [3.05, 3.63) is 119 Å². The molecule has 0 fully saturated rings. The molecule has 0 saturated carbocycles. The fourth-order valence-corrected chi connectivity index (χ4v) is 5.14. The molecule has 0 spiro atoms. The third kappa shape index (κ3) is 7.64. The van der Waals surface area contributed by atoms with Crippen LogP contribution in [-0.4, -0.2) is 30.8 Å². The predicted molar refractivity (Wildman–Crippen MR) is 149 cm³/mol. The molecular weight excluding hydrogens is 540 g/mol. The molecule has 4 aromatic rings. The lowest BCUT2D eigenvalue weighted by molar-refractivity contribution is -0.136. The van der Waals surface area contributed by atoms with Crippen molar-refractivity contribution in [1.29, 1.82) is 0 Å². The standard InChI is InChI=1S/C28H25ClN4O5S/c1-20-10-14-26(15-11-20)39(36,37)33(18-21-6-3-2-4-7-21)19-25-13-12-24(38-25)17-30-32-28(35)27(34)31-23-9-5-8-22(29)16-23/h2-17H,18-19H2,1H3,(H,31,34)(H,32,35)/b30-17+. The number of sulfonamides is 1. The molecule has 0 atom stereocenters. The Kier molecular flexibility index (Phi) is 8.92. The SMILES string of the molecule is Cc1ccc(S(=O)(=O)N(Cc2ccccc2)Cc2ccc(/C=N/NC(=O)C(=O)Nc3cccc(Cl)c3)o2)cc1. The summed E-state index contributed by atoms with van der Waals surface area (Å²) in [4.78, 5) is 24.3. The molecule has 0 aliphatic carbocycles. The molecule has 39 heavy (non-hydrogen) atoms. The van der Waals surface area contributed by atoms with Crippen molar-refractivity contribution in [3.63, 3.8) is 0 Å². The summed E-state index contributed by atoms with van der Waals surface area (Å²) in [6, 6.07) is 25.5. The first-order valence-corrected chi connectivity index (χ1v) is 13.6. The zero-order valence-electron chi connectivity index (χ0n) is 20.9. The quantitative estimate of drug-likeness (QED) is 0.173. The largest absolute Gasteiger partial charge is 0.459 e. The number of rotatable bonds is 9. The van der Waals surface area contributed by atoms with Crippen molar-refractivity contribution >= 4 is 45.3 Å². The highest BCUT2D eigenvalue weighted by Crippen LogP contribution is 2.22. The number of nitrogens with zero attached hydrogens (tertiary/aromatic N) is 2. The summed E-state index contributed by atoms with van der Waals surface area (Å²) in [5.41, 5.74) is 4.25. The summed E-state index contributed by atoms with van der Waals surface area (Å²) in [5.74, 6) is -1.29. The van der Waals surface area contributed by atoms with Gasteiger partial charge in [0, 0.05) is 17.3 Å². The zero-order chi connectivity index (χ0) is 27.8. The van der Waals surface area contributed by atoms with Gasteiger partial charge in [-0.05, 0) is 55.0 Å². The van der Waals surface area contributed by atoms with Crippen LogP contribution in [0.4, 0.5) is 5.69 Å². The van der Waals surface area contributed by atoms with Crippen LogP contribution in [0.25, 0.3) is 0 Å². The van der Waals surface area contributed by atoms with Gasteiger partial charge in [-0.15, -0.1) is 0 Å². The number of aryl methyl sites for hydroxylation is 1. The molecular formula is C28H25ClN4O5S. The first kappa shape index (κ1) is 27.8. The number of furan rings is 1. The van der Waals surface area contributed by atoms with Crippen LogP contribution in [0.2, 0.25) is 5.02 Å². The fraction of sp³-hybridized carbons (Fsp3) is 0.107. The molecule has 0 bridgehead atoms. The molecule has 0 unspecified atom stereocenters. The summed E-state index contributed by atoms with van der Waals surface area (Å²) in [6.45, 7) is 1.99. The summed E-state index contributed by atoms with van der Waals surface area (Å²) in [5, 5.41) is 6.57. The molecule has 1 heterocycles. The van der Waals surface area contributed by atoms with Gasteiger partial charge in [-0.3, -0.25) is 9.59 Å². The van der Waals surface area contributed by atoms with E-state index in [9.17, 15) is 18.0 Å². The van der Waals surface area contributed by atoms with Gasteiger partial charge in [0.15, 0.2) is 0 Å². The average molecular weight is 565 g/mol. The molecule has 4 rings (SSSR count).